The molecule has 1 aliphatic rings. The summed E-state index contributed by atoms with van der Waals surface area (Å²) in [5, 5.41) is 9.45. The Labute approximate surface area is 178 Å². The van der Waals surface area contributed by atoms with Gasteiger partial charge in [0.2, 0.25) is 0 Å². The zero-order valence-electron chi connectivity index (χ0n) is 16.4. The van der Waals surface area contributed by atoms with Crippen LogP contribution < -0.4 is 0 Å². The van der Waals surface area contributed by atoms with Gasteiger partial charge < -0.3 is 9.13 Å². The van der Waals surface area contributed by atoms with Gasteiger partial charge in [0.15, 0.2) is 10.9 Å². The minimum absolute atomic E-state index is 0.0357. The molecule has 0 saturated heterocycles. The van der Waals surface area contributed by atoms with Gasteiger partial charge in [-0.2, -0.15) is 0 Å². The minimum Gasteiger partial charge on any atom is -0.318 e. The van der Waals surface area contributed by atoms with Gasteiger partial charge in [-0.15, -0.1) is 10.2 Å². The second-order valence-electron chi connectivity index (χ2n) is 7.29. The smallest absolute Gasteiger partial charge is 0.191 e. The van der Waals surface area contributed by atoms with Gasteiger partial charge in [-0.3, -0.25) is 4.79 Å². The van der Waals surface area contributed by atoms with Crippen molar-refractivity contribution >= 4 is 29.1 Å². The first-order chi connectivity index (χ1) is 14.0. The molecule has 152 valence electrons. The maximum Gasteiger partial charge on any atom is 0.191 e. The number of hydrogen-bond acceptors (Lipinski definition) is 4. The van der Waals surface area contributed by atoms with Crippen LogP contribution in [0.5, 0.6) is 0 Å². The molecule has 0 aliphatic carbocycles. The lowest BCUT2D eigenvalue weighted by molar-refractivity contribution is 0.102. The summed E-state index contributed by atoms with van der Waals surface area (Å²) < 4.78 is 17.6. The topological polar surface area (TPSA) is 52.7 Å². The third kappa shape index (κ3) is 3.98. The molecule has 29 heavy (non-hydrogen) atoms. The third-order valence-corrected chi connectivity index (χ3v) is 6.56. The lowest BCUT2D eigenvalue weighted by Gasteiger charge is -2.10. The number of carbonyl (C=O) groups is 1. The average molecular weight is 433 g/mol. The van der Waals surface area contributed by atoms with Crippen LogP contribution in [0.25, 0.3) is 5.69 Å². The molecule has 0 unspecified atom stereocenters. The highest BCUT2D eigenvalue weighted by Crippen LogP contribution is 2.27. The van der Waals surface area contributed by atoms with Crippen molar-refractivity contribution in [1.82, 2.24) is 19.3 Å². The Morgan fingerprint density at radius 2 is 2.03 bits per heavy atom. The van der Waals surface area contributed by atoms with Crippen LogP contribution in [0, 0.1) is 19.7 Å². The number of aromatic nitrogens is 4. The van der Waals surface area contributed by atoms with Crippen LogP contribution in [0.1, 0.15) is 46.8 Å². The van der Waals surface area contributed by atoms with E-state index in [9.17, 15) is 9.18 Å². The van der Waals surface area contributed by atoms with Gasteiger partial charge in [0.25, 0.3) is 0 Å². The number of carbonyl (C=O) groups excluding carboxylic acids is 1. The molecule has 3 heterocycles. The van der Waals surface area contributed by atoms with E-state index in [1.165, 1.54) is 24.2 Å². The van der Waals surface area contributed by atoms with Crippen LogP contribution in [0.15, 0.2) is 29.4 Å². The highest BCUT2D eigenvalue weighted by atomic mass is 35.5. The average Bonchev–Trinajstić information content (AvgIpc) is 3.11. The molecule has 0 spiro atoms. The Kier molecular flexibility index (Phi) is 5.79. The van der Waals surface area contributed by atoms with E-state index in [2.05, 4.69) is 14.8 Å². The highest BCUT2D eigenvalue weighted by Gasteiger charge is 2.20. The van der Waals surface area contributed by atoms with Crippen molar-refractivity contribution in [3.63, 3.8) is 0 Å². The number of fused-ring (bicyclic) bond motifs is 1. The summed E-state index contributed by atoms with van der Waals surface area (Å²) in [5.41, 5.74) is 3.11. The van der Waals surface area contributed by atoms with Crippen molar-refractivity contribution in [3.8, 4) is 5.69 Å². The van der Waals surface area contributed by atoms with E-state index in [0.717, 1.165) is 53.9 Å². The molecule has 0 N–H and O–H groups in total. The van der Waals surface area contributed by atoms with Crippen LogP contribution in [-0.2, 0) is 13.0 Å². The fraction of sp³-hybridized carbons (Fsp3) is 0.381. The third-order valence-electron chi connectivity index (χ3n) is 5.30. The van der Waals surface area contributed by atoms with E-state index in [1.54, 1.807) is 12.1 Å². The van der Waals surface area contributed by atoms with Crippen molar-refractivity contribution in [2.75, 3.05) is 5.75 Å². The maximum atomic E-state index is 13.5. The Hall–Kier alpha value is -2.12. The Balaban J connectivity index is 1.54. The fourth-order valence-electron chi connectivity index (χ4n) is 3.84. The van der Waals surface area contributed by atoms with Crippen LogP contribution in [-0.4, -0.2) is 30.9 Å². The predicted octanol–water partition coefficient (Wildman–Crippen LogP) is 5.18. The number of Topliss-reactive ketones (excluding diaryl/α,β-unsaturated/α-hetero) is 1. The first-order valence-electron chi connectivity index (χ1n) is 9.68. The monoisotopic (exact) mass is 432 g/mol. The molecule has 0 bridgehead atoms. The van der Waals surface area contributed by atoms with E-state index >= 15 is 0 Å². The zero-order chi connectivity index (χ0) is 20.5. The molecule has 0 amide bonds. The molecule has 5 nitrogen and oxygen atoms in total. The lowest BCUT2D eigenvalue weighted by atomic mass is 10.2. The normalized spacial score (nSPS) is 13.9. The summed E-state index contributed by atoms with van der Waals surface area (Å²) in [6.45, 7) is 4.73. The van der Waals surface area contributed by atoms with Crippen LogP contribution >= 0.6 is 23.4 Å². The van der Waals surface area contributed by atoms with Crippen LogP contribution in [0.3, 0.4) is 0 Å². The van der Waals surface area contributed by atoms with Gasteiger partial charge in [-0.05, 0) is 51.0 Å². The van der Waals surface area contributed by atoms with Crippen LogP contribution in [0.2, 0.25) is 5.02 Å². The first kappa shape index (κ1) is 20.2. The van der Waals surface area contributed by atoms with Gasteiger partial charge in [-0.25, -0.2) is 4.39 Å². The summed E-state index contributed by atoms with van der Waals surface area (Å²) in [5.74, 6) is 0.891. The SMILES string of the molecule is Cc1cc(C(=O)CSc2nnc3n2CCCCC3)c(C)n1-c1ccc(F)c(Cl)c1. The summed E-state index contributed by atoms with van der Waals surface area (Å²) >= 11 is 7.38. The number of nitrogens with zero attached hydrogens (tertiary/aromatic N) is 4. The largest absolute Gasteiger partial charge is 0.318 e. The molecule has 1 aliphatic heterocycles. The number of halogens is 2. The number of benzene rings is 1. The van der Waals surface area contributed by atoms with Gasteiger partial charge in [0, 0.05) is 35.6 Å². The van der Waals surface area contributed by atoms with Crippen LogP contribution in [0.4, 0.5) is 4.39 Å². The second-order valence-corrected chi connectivity index (χ2v) is 8.64. The molecule has 0 fully saturated rings. The summed E-state index contributed by atoms with van der Waals surface area (Å²) in [4.78, 5) is 12.9. The molecule has 0 atom stereocenters. The van der Waals surface area contributed by atoms with Gasteiger partial charge in [0.05, 0.1) is 10.8 Å². The Morgan fingerprint density at radius 3 is 2.83 bits per heavy atom. The molecule has 1 aromatic carbocycles. The van der Waals surface area contributed by atoms with Crippen molar-refractivity contribution in [1.29, 1.82) is 0 Å². The lowest BCUT2D eigenvalue weighted by Crippen LogP contribution is -2.07. The molecule has 2 aromatic heterocycles. The molecule has 0 saturated carbocycles. The minimum atomic E-state index is -0.460. The molecule has 3 aromatic rings. The Bertz CT molecular complexity index is 1080. The van der Waals surface area contributed by atoms with E-state index in [4.69, 9.17) is 11.6 Å². The summed E-state index contributed by atoms with van der Waals surface area (Å²) in [7, 11) is 0. The van der Waals surface area contributed by atoms with Gasteiger partial charge in [-0.1, -0.05) is 29.8 Å². The summed E-state index contributed by atoms with van der Waals surface area (Å²) in [6, 6.07) is 6.45. The molecule has 4 rings (SSSR count). The Morgan fingerprint density at radius 1 is 1.21 bits per heavy atom. The van der Waals surface area contributed by atoms with Crippen molar-refractivity contribution in [3.05, 3.63) is 57.9 Å². The van der Waals surface area contributed by atoms with Crippen molar-refractivity contribution in [2.24, 2.45) is 0 Å². The number of hydrogen-bond donors (Lipinski definition) is 0. The number of aryl methyl sites for hydroxylation is 2. The fourth-order valence-corrected chi connectivity index (χ4v) is 4.88. The number of ketones is 1. The zero-order valence-corrected chi connectivity index (χ0v) is 18.0. The molecule has 8 heteroatoms. The quantitative estimate of drug-likeness (QED) is 0.411. The first-order valence-corrected chi connectivity index (χ1v) is 11.0. The van der Waals surface area contributed by atoms with Gasteiger partial charge >= 0.3 is 0 Å². The number of thioether (sulfide) groups is 1. The molecular formula is C21H22ClFN4OS. The number of rotatable bonds is 5. The summed E-state index contributed by atoms with van der Waals surface area (Å²) in [6.07, 6.45) is 4.41. The van der Waals surface area contributed by atoms with Crippen molar-refractivity contribution in [2.45, 2.75) is 51.2 Å². The van der Waals surface area contributed by atoms with Gasteiger partial charge in [0.1, 0.15) is 11.6 Å². The standard InChI is InChI=1S/C21H22ClFN4OS/c1-13-10-16(14(2)27(13)15-7-8-18(23)17(22)11-15)19(28)12-29-21-25-24-20-6-4-3-5-9-26(20)21/h7-8,10-11H,3-6,9,12H2,1-2H3. The van der Waals surface area contributed by atoms with Crippen molar-refractivity contribution < 1.29 is 9.18 Å². The molecular weight excluding hydrogens is 411 g/mol. The maximum absolute atomic E-state index is 13.5. The molecule has 0 radical (unpaired) electrons. The van der Waals surface area contributed by atoms with E-state index in [1.807, 2.05) is 24.5 Å². The van der Waals surface area contributed by atoms with E-state index < -0.39 is 5.82 Å². The highest BCUT2D eigenvalue weighted by molar-refractivity contribution is 7.99. The van der Waals surface area contributed by atoms with E-state index in [-0.39, 0.29) is 10.8 Å². The van der Waals surface area contributed by atoms with E-state index in [0.29, 0.717) is 11.3 Å². The predicted molar refractivity (Wildman–Crippen MR) is 113 cm³/mol. The second kappa shape index (κ2) is 8.32.